The van der Waals surface area contributed by atoms with Crippen molar-refractivity contribution in [2.24, 2.45) is 5.92 Å². The number of aliphatic carboxylic acids is 1. The van der Waals surface area contributed by atoms with E-state index in [1.54, 1.807) is 11.8 Å². The Hall–Kier alpha value is -1.08. The zero-order chi connectivity index (χ0) is 13.2. The lowest BCUT2D eigenvalue weighted by molar-refractivity contribution is -0.142. The molecule has 7 heteroatoms. The third-order valence-corrected chi connectivity index (χ3v) is 4.71. The molecule has 3 unspecified atom stereocenters. The molecule has 0 radical (unpaired) electrons. The Kier molecular flexibility index (Phi) is 3.74. The van der Waals surface area contributed by atoms with E-state index in [0.717, 1.165) is 24.3 Å². The van der Waals surface area contributed by atoms with Crippen LogP contribution in [-0.2, 0) is 9.53 Å². The van der Waals surface area contributed by atoms with Gasteiger partial charge in [-0.3, -0.25) is 4.79 Å². The molecule has 3 atom stereocenters. The molecule has 1 saturated heterocycles. The fourth-order valence-corrected chi connectivity index (χ4v) is 3.56. The maximum absolute atomic E-state index is 11.2. The van der Waals surface area contributed by atoms with Gasteiger partial charge in [0, 0.05) is 11.5 Å². The summed E-state index contributed by atoms with van der Waals surface area (Å²) in [6.07, 6.45) is 2.27. The van der Waals surface area contributed by atoms with Gasteiger partial charge < -0.3 is 14.4 Å². The van der Waals surface area contributed by atoms with Gasteiger partial charge in [0.2, 0.25) is 11.7 Å². The van der Waals surface area contributed by atoms with Crippen LogP contribution in [0.3, 0.4) is 0 Å². The third kappa shape index (κ3) is 2.62. The summed E-state index contributed by atoms with van der Waals surface area (Å²) in [4.78, 5) is 15.5. The predicted octanol–water partition coefficient (Wildman–Crippen LogP) is 1.84. The van der Waals surface area contributed by atoms with Crippen molar-refractivity contribution in [2.45, 2.75) is 31.3 Å². The second kappa shape index (κ2) is 5.50. The number of ether oxygens (including phenoxy) is 1. The Morgan fingerprint density at radius 3 is 3.05 bits per heavy atom. The molecule has 0 spiro atoms. The number of hydrogen-bond acceptors (Lipinski definition) is 6. The van der Waals surface area contributed by atoms with E-state index in [9.17, 15) is 9.90 Å². The molecule has 2 fully saturated rings. The van der Waals surface area contributed by atoms with Gasteiger partial charge in [-0.25, -0.2) is 0 Å². The fourth-order valence-electron chi connectivity index (χ4n) is 2.72. The summed E-state index contributed by atoms with van der Waals surface area (Å²) < 4.78 is 10.9. The predicted molar refractivity (Wildman–Crippen MR) is 68.0 cm³/mol. The second-order valence-electron chi connectivity index (χ2n) is 4.91. The highest BCUT2D eigenvalue weighted by Crippen LogP contribution is 2.39. The first-order valence-electron chi connectivity index (χ1n) is 6.51. The van der Waals surface area contributed by atoms with Crippen LogP contribution in [0.1, 0.15) is 43.0 Å². The van der Waals surface area contributed by atoms with Crippen LogP contribution in [0.4, 0.5) is 0 Å². The third-order valence-electron chi connectivity index (χ3n) is 3.71. The van der Waals surface area contributed by atoms with Gasteiger partial charge in [-0.15, -0.1) is 0 Å². The molecule has 104 valence electrons. The minimum absolute atomic E-state index is 0.124. The summed E-state index contributed by atoms with van der Waals surface area (Å²) in [7, 11) is 0. The van der Waals surface area contributed by atoms with Crippen molar-refractivity contribution in [3.63, 3.8) is 0 Å². The molecule has 0 bridgehead atoms. The highest BCUT2D eigenvalue weighted by molar-refractivity contribution is 7.99. The van der Waals surface area contributed by atoms with Gasteiger partial charge in [0.25, 0.3) is 0 Å². The molecule has 1 aromatic rings. The first kappa shape index (κ1) is 12.9. The average molecular weight is 284 g/mol. The lowest BCUT2D eigenvalue weighted by Gasteiger charge is -2.18. The monoisotopic (exact) mass is 284 g/mol. The Bertz CT molecular complexity index is 458. The first-order chi connectivity index (χ1) is 9.25. The Balaban J connectivity index is 1.75. The molecule has 2 heterocycles. The summed E-state index contributed by atoms with van der Waals surface area (Å²) in [5, 5.41) is 13.1. The van der Waals surface area contributed by atoms with Gasteiger partial charge in [-0.05, 0) is 12.8 Å². The Labute approximate surface area is 114 Å². The number of nitrogens with zero attached hydrogens (tertiary/aromatic N) is 2. The van der Waals surface area contributed by atoms with Crippen LogP contribution in [0.2, 0.25) is 0 Å². The van der Waals surface area contributed by atoms with Crippen molar-refractivity contribution in [1.29, 1.82) is 0 Å². The van der Waals surface area contributed by atoms with Crippen molar-refractivity contribution >= 4 is 17.7 Å². The molecule has 0 amide bonds. The topological polar surface area (TPSA) is 85.5 Å². The molecule has 3 rings (SSSR count). The van der Waals surface area contributed by atoms with Gasteiger partial charge in [0.15, 0.2) is 0 Å². The zero-order valence-electron chi connectivity index (χ0n) is 10.4. The van der Waals surface area contributed by atoms with Gasteiger partial charge in [0.1, 0.15) is 6.10 Å². The van der Waals surface area contributed by atoms with Crippen molar-refractivity contribution in [3.05, 3.63) is 11.7 Å². The van der Waals surface area contributed by atoms with E-state index in [1.807, 2.05) is 0 Å². The van der Waals surface area contributed by atoms with Crippen LogP contribution in [0.25, 0.3) is 0 Å². The van der Waals surface area contributed by atoms with Crippen molar-refractivity contribution < 1.29 is 19.2 Å². The largest absolute Gasteiger partial charge is 0.481 e. The van der Waals surface area contributed by atoms with E-state index in [2.05, 4.69) is 10.1 Å². The van der Waals surface area contributed by atoms with E-state index in [4.69, 9.17) is 9.26 Å². The second-order valence-corrected chi connectivity index (χ2v) is 6.06. The Morgan fingerprint density at radius 2 is 2.32 bits per heavy atom. The van der Waals surface area contributed by atoms with Crippen molar-refractivity contribution in [3.8, 4) is 0 Å². The van der Waals surface area contributed by atoms with Crippen LogP contribution < -0.4 is 0 Å². The Morgan fingerprint density at radius 1 is 1.42 bits per heavy atom. The molecular weight excluding hydrogens is 268 g/mol. The molecule has 1 saturated carbocycles. The van der Waals surface area contributed by atoms with Crippen LogP contribution in [-0.4, -0.2) is 39.3 Å². The minimum atomic E-state index is -0.772. The van der Waals surface area contributed by atoms with Crippen LogP contribution in [0, 0.1) is 5.92 Å². The van der Waals surface area contributed by atoms with E-state index in [0.29, 0.717) is 24.7 Å². The van der Waals surface area contributed by atoms with Gasteiger partial charge >= 0.3 is 5.97 Å². The summed E-state index contributed by atoms with van der Waals surface area (Å²) in [5.74, 6) is 1.52. The van der Waals surface area contributed by atoms with Gasteiger partial charge in [-0.2, -0.15) is 16.7 Å². The number of carboxylic acid groups (broad SMARTS) is 1. The van der Waals surface area contributed by atoms with Crippen LogP contribution >= 0.6 is 11.8 Å². The SMILES string of the molecule is O=C(O)C1CCCC1c1nc(C2CSCCO2)no1. The minimum Gasteiger partial charge on any atom is -0.481 e. The normalized spacial score (nSPS) is 31.5. The molecule has 1 N–H and O–H groups in total. The van der Waals surface area contributed by atoms with E-state index in [-0.39, 0.29) is 12.0 Å². The van der Waals surface area contributed by atoms with Gasteiger partial charge in [-0.1, -0.05) is 11.6 Å². The quantitative estimate of drug-likeness (QED) is 0.906. The molecule has 1 aromatic heterocycles. The maximum atomic E-state index is 11.2. The smallest absolute Gasteiger partial charge is 0.307 e. The summed E-state index contributed by atoms with van der Waals surface area (Å²) in [6.45, 7) is 0.695. The lowest BCUT2D eigenvalue weighted by Crippen LogP contribution is -2.18. The lowest BCUT2D eigenvalue weighted by atomic mass is 9.96. The molecule has 2 aliphatic rings. The summed E-state index contributed by atoms with van der Waals surface area (Å²) >= 11 is 1.80. The number of aromatic nitrogens is 2. The number of carboxylic acids is 1. The maximum Gasteiger partial charge on any atom is 0.307 e. The zero-order valence-corrected chi connectivity index (χ0v) is 11.3. The summed E-state index contributed by atoms with van der Waals surface area (Å²) in [6, 6.07) is 0. The van der Waals surface area contributed by atoms with Crippen molar-refractivity contribution in [1.82, 2.24) is 10.1 Å². The number of hydrogen-bond donors (Lipinski definition) is 1. The van der Waals surface area contributed by atoms with Crippen LogP contribution in [0.15, 0.2) is 4.52 Å². The highest BCUT2D eigenvalue weighted by Gasteiger charge is 2.38. The van der Waals surface area contributed by atoms with E-state index < -0.39 is 11.9 Å². The highest BCUT2D eigenvalue weighted by atomic mass is 32.2. The standard InChI is InChI=1S/C12H16N2O4S/c15-12(16)8-3-1-2-7(8)11-13-10(14-18-11)9-6-19-5-4-17-9/h7-9H,1-6H2,(H,15,16). The first-order valence-corrected chi connectivity index (χ1v) is 7.67. The molecule has 19 heavy (non-hydrogen) atoms. The van der Waals surface area contributed by atoms with E-state index >= 15 is 0 Å². The van der Waals surface area contributed by atoms with Crippen LogP contribution in [0.5, 0.6) is 0 Å². The molecule has 0 aromatic carbocycles. The average Bonchev–Trinajstić information content (AvgIpc) is 3.08. The number of rotatable bonds is 3. The number of thioether (sulfide) groups is 1. The van der Waals surface area contributed by atoms with E-state index in [1.165, 1.54) is 0 Å². The van der Waals surface area contributed by atoms with Crippen molar-refractivity contribution in [2.75, 3.05) is 18.1 Å². The fraction of sp³-hybridized carbons (Fsp3) is 0.750. The molecule has 1 aliphatic heterocycles. The molecule has 1 aliphatic carbocycles. The number of carbonyl (C=O) groups is 1. The molecular formula is C12H16N2O4S. The van der Waals surface area contributed by atoms with Gasteiger partial charge in [0.05, 0.1) is 18.4 Å². The summed E-state index contributed by atoms with van der Waals surface area (Å²) in [5.41, 5.74) is 0. The molecule has 6 nitrogen and oxygen atoms in total.